The van der Waals surface area contributed by atoms with E-state index in [4.69, 9.17) is 16.0 Å². The van der Waals surface area contributed by atoms with Crippen molar-refractivity contribution < 1.29 is 9.21 Å². The van der Waals surface area contributed by atoms with Crippen LogP contribution < -0.4 is 5.32 Å². The Hall–Kier alpha value is -3.19. The maximum Gasteiger partial charge on any atom is 0.287 e. The molecule has 0 spiro atoms. The van der Waals surface area contributed by atoms with Crippen LogP contribution in [0.2, 0.25) is 5.02 Å². The van der Waals surface area contributed by atoms with E-state index >= 15 is 0 Å². The Labute approximate surface area is 147 Å². The summed E-state index contributed by atoms with van der Waals surface area (Å²) < 4.78 is 7.11. The molecule has 124 valence electrons. The van der Waals surface area contributed by atoms with Gasteiger partial charge in [-0.15, -0.1) is 0 Å². The molecule has 25 heavy (non-hydrogen) atoms. The first-order chi connectivity index (χ1) is 12.2. The summed E-state index contributed by atoms with van der Waals surface area (Å²) in [5, 5.41) is 8.27. The van der Waals surface area contributed by atoms with Crippen LogP contribution >= 0.6 is 11.6 Å². The van der Waals surface area contributed by atoms with Crippen LogP contribution in [0.5, 0.6) is 0 Å². The summed E-state index contributed by atoms with van der Waals surface area (Å²) in [4.78, 5) is 20.6. The molecule has 0 bridgehead atoms. The van der Waals surface area contributed by atoms with E-state index < -0.39 is 0 Å². The fourth-order valence-corrected chi connectivity index (χ4v) is 2.66. The van der Waals surface area contributed by atoms with Gasteiger partial charge in [0, 0.05) is 28.7 Å². The molecule has 0 aliphatic heterocycles. The van der Waals surface area contributed by atoms with Gasteiger partial charge >= 0.3 is 0 Å². The Bertz CT molecular complexity index is 1040. The molecule has 0 atom stereocenters. The molecule has 0 saturated heterocycles. The van der Waals surface area contributed by atoms with Gasteiger partial charge in [0.05, 0.1) is 0 Å². The fourth-order valence-electron chi connectivity index (χ4n) is 2.48. The SMILES string of the molecule is O=C(NCc1cccnc1-n1cncn1)c1cc2cc(Cl)ccc2o1. The first-order valence-corrected chi connectivity index (χ1v) is 7.85. The monoisotopic (exact) mass is 353 g/mol. The molecule has 3 heterocycles. The molecule has 0 unspecified atom stereocenters. The third kappa shape index (κ3) is 3.09. The average Bonchev–Trinajstić information content (AvgIpc) is 3.29. The second kappa shape index (κ2) is 6.37. The van der Waals surface area contributed by atoms with Crippen molar-refractivity contribution in [1.82, 2.24) is 25.1 Å². The Kier molecular flexibility index (Phi) is 3.91. The third-order valence-electron chi connectivity index (χ3n) is 3.64. The van der Waals surface area contributed by atoms with Gasteiger partial charge in [0.25, 0.3) is 5.91 Å². The van der Waals surface area contributed by atoms with E-state index in [9.17, 15) is 4.79 Å². The number of hydrogen-bond donors (Lipinski definition) is 1. The number of rotatable bonds is 4. The molecule has 3 aromatic heterocycles. The van der Waals surface area contributed by atoms with Crippen molar-refractivity contribution in [2.75, 3.05) is 0 Å². The quantitative estimate of drug-likeness (QED) is 0.609. The molecule has 1 N–H and O–H groups in total. The van der Waals surface area contributed by atoms with Gasteiger partial charge in [-0.3, -0.25) is 4.79 Å². The number of carbonyl (C=O) groups excluding carboxylic acids is 1. The molecule has 8 heteroatoms. The summed E-state index contributed by atoms with van der Waals surface area (Å²) in [6.07, 6.45) is 4.64. The molecule has 0 radical (unpaired) electrons. The van der Waals surface area contributed by atoms with E-state index in [1.165, 1.54) is 6.33 Å². The predicted molar refractivity (Wildman–Crippen MR) is 91.5 cm³/mol. The van der Waals surface area contributed by atoms with E-state index in [0.717, 1.165) is 10.9 Å². The third-order valence-corrected chi connectivity index (χ3v) is 3.88. The zero-order valence-corrected chi connectivity index (χ0v) is 13.6. The number of hydrogen-bond acceptors (Lipinski definition) is 5. The number of pyridine rings is 1. The van der Waals surface area contributed by atoms with Gasteiger partial charge in [0.15, 0.2) is 11.6 Å². The number of aromatic nitrogens is 4. The van der Waals surface area contributed by atoms with Gasteiger partial charge in [0.1, 0.15) is 18.2 Å². The van der Waals surface area contributed by atoms with Gasteiger partial charge in [-0.1, -0.05) is 17.7 Å². The summed E-state index contributed by atoms with van der Waals surface area (Å²) >= 11 is 5.95. The van der Waals surface area contributed by atoms with Crippen molar-refractivity contribution in [1.29, 1.82) is 0 Å². The van der Waals surface area contributed by atoms with Crippen LogP contribution in [-0.4, -0.2) is 25.7 Å². The van der Waals surface area contributed by atoms with Gasteiger partial charge in [-0.2, -0.15) is 5.10 Å². The highest BCUT2D eigenvalue weighted by Gasteiger charge is 2.14. The van der Waals surface area contributed by atoms with E-state index in [1.807, 2.05) is 6.07 Å². The maximum absolute atomic E-state index is 12.4. The Morgan fingerprint density at radius 3 is 3.04 bits per heavy atom. The summed E-state index contributed by atoms with van der Waals surface area (Å²) in [5.74, 6) is 0.515. The first kappa shape index (κ1) is 15.3. The molecule has 1 amide bonds. The lowest BCUT2D eigenvalue weighted by Gasteiger charge is -2.08. The van der Waals surface area contributed by atoms with Crippen molar-refractivity contribution in [3.05, 3.63) is 71.6 Å². The lowest BCUT2D eigenvalue weighted by molar-refractivity contribution is 0.0925. The summed E-state index contributed by atoms with van der Waals surface area (Å²) in [7, 11) is 0. The molecular formula is C17H12ClN5O2. The number of amides is 1. The van der Waals surface area contributed by atoms with E-state index in [-0.39, 0.29) is 18.2 Å². The first-order valence-electron chi connectivity index (χ1n) is 7.47. The lowest BCUT2D eigenvalue weighted by atomic mass is 10.2. The zero-order valence-electron chi connectivity index (χ0n) is 12.9. The topological polar surface area (TPSA) is 85.8 Å². The molecule has 0 saturated carbocycles. The average molecular weight is 354 g/mol. The summed E-state index contributed by atoms with van der Waals surface area (Å²) in [6, 6.07) is 10.5. The normalized spacial score (nSPS) is 10.9. The Balaban J connectivity index is 1.54. The number of fused-ring (bicyclic) bond motifs is 1. The molecule has 0 aliphatic carbocycles. The van der Waals surface area contributed by atoms with Gasteiger partial charge in [-0.05, 0) is 30.3 Å². The van der Waals surface area contributed by atoms with Crippen molar-refractivity contribution in [3.8, 4) is 5.82 Å². The van der Waals surface area contributed by atoms with Crippen molar-refractivity contribution in [2.45, 2.75) is 6.54 Å². The minimum absolute atomic E-state index is 0.225. The smallest absolute Gasteiger partial charge is 0.287 e. The standard InChI is InChI=1S/C17H12ClN5O2/c18-13-3-4-14-12(6-13)7-15(25-14)17(24)21-8-11-2-1-5-20-16(11)23-10-19-9-22-23/h1-7,9-10H,8H2,(H,21,24). The molecule has 0 fully saturated rings. The molecule has 4 rings (SSSR count). The minimum atomic E-state index is -0.319. The van der Waals surface area contributed by atoms with Gasteiger partial charge in [0.2, 0.25) is 0 Å². The van der Waals surface area contributed by atoms with Crippen LogP contribution in [0.1, 0.15) is 16.1 Å². The highest BCUT2D eigenvalue weighted by atomic mass is 35.5. The predicted octanol–water partition coefficient (Wildman–Crippen LogP) is 2.99. The zero-order chi connectivity index (χ0) is 17.2. The largest absolute Gasteiger partial charge is 0.451 e. The fraction of sp³-hybridized carbons (Fsp3) is 0.0588. The van der Waals surface area contributed by atoms with Crippen LogP contribution in [-0.2, 0) is 6.54 Å². The number of benzene rings is 1. The van der Waals surface area contributed by atoms with E-state index in [2.05, 4.69) is 20.4 Å². The summed E-state index contributed by atoms with van der Waals surface area (Å²) in [5.41, 5.74) is 1.42. The van der Waals surface area contributed by atoms with Crippen molar-refractivity contribution >= 4 is 28.5 Å². The van der Waals surface area contributed by atoms with Crippen LogP contribution in [0.3, 0.4) is 0 Å². The number of halogens is 1. The van der Waals surface area contributed by atoms with Crippen LogP contribution in [0, 0.1) is 0 Å². The molecule has 7 nitrogen and oxygen atoms in total. The van der Waals surface area contributed by atoms with Crippen LogP contribution in [0.15, 0.2) is 59.7 Å². The molecule has 1 aromatic carbocycles. The number of nitrogens with zero attached hydrogens (tertiary/aromatic N) is 4. The Morgan fingerprint density at radius 2 is 2.20 bits per heavy atom. The van der Waals surface area contributed by atoms with Crippen LogP contribution in [0.25, 0.3) is 16.8 Å². The Morgan fingerprint density at radius 1 is 1.28 bits per heavy atom. The second-order valence-corrected chi connectivity index (χ2v) is 5.74. The van der Waals surface area contributed by atoms with Crippen LogP contribution in [0.4, 0.5) is 0 Å². The summed E-state index contributed by atoms with van der Waals surface area (Å²) in [6.45, 7) is 0.277. The highest BCUT2D eigenvalue weighted by Crippen LogP contribution is 2.23. The lowest BCUT2D eigenvalue weighted by Crippen LogP contribution is -2.23. The number of carbonyl (C=O) groups is 1. The maximum atomic E-state index is 12.4. The van der Waals surface area contributed by atoms with E-state index in [0.29, 0.717) is 16.4 Å². The molecule has 0 aliphatic rings. The molecule has 4 aromatic rings. The minimum Gasteiger partial charge on any atom is -0.451 e. The number of nitrogens with one attached hydrogen (secondary N) is 1. The van der Waals surface area contributed by atoms with Gasteiger partial charge in [-0.25, -0.2) is 14.6 Å². The highest BCUT2D eigenvalue weighted by molar-refractivity contribution is 6.31. The van der Waals surface area contributed by atoms with Crippen molar-refractivity contribution in [3.63, 3.8) is 0 Å². The van der Waals surface area contributed by atoms with Gasteiger partial charge < -0.3 is 9.73 Å². The number of furan rings is 1. The molecular weight excluding hydrogens is 342 g/mol. The second-order valence-electron chi connectivity index (χ2n) is 5.30. The van der Waals surface area contributed by atoms with Crippen molar-refractivity contribution in [2.24, 2.45) is 0 Å². The van der Waals surface area contributed by atoms with E-state index in [1.54, 1.807) is 47.5 Å².